The molecule has 4 aliphatic carbocycles. The van der Waals surface area contributed by atoms with Gasteiger partial charge in [-0.05, 0) is 124 Å². The van der Waals surface area contributed by atoms with Crippen LogP contribution in [0.4, 0.5) is 0 Å². The Bertz CT molecular complexity index is 699. The molecule has 0 aromatic heterocycles. The molecule has 4 rings (SSSR count). The van der Waals surface area contributed by atoms with Gasteiger partial charge in [0.05, 0.1) is 6.54 Å². The number of alkyl halides is 1. The van der Waals surface area contributed by atoms with Crippen LogP contribution in [0.2, 0.25) is 0 Å². The van der Waals surface area contributed by atoms with E-state index in [9.17, 15) is 9.59 Å². The minimum Gasteiger partial charge on any atom is -0.481 e. The Kier molecular flexibility index (Phi) is 36.2. The van der Waals surface area contributed by atoms with E-state index in [0.717, 1.165) is 42.9 Å². The summed E-state index contributed by atoms with van der Waals surface area (Å²) in [4.78, 5) is 25.1. The maximum Gasteiger partial charge on any atom is 0.303 e. The zero-order valence-electron chi connectivity index (χ0n) is 25.1. The number of carboxylic acids is 1. The molecule has 0 aliphatic heterocycles. The van der Waals surface area contributed by atoms with Crippen LogP contribution < -0.4 is 10.6 Å². The van der Waals surface area contributed by atoms with Crippen molar-refractivity contribution in [3.63, 3.8) is 0 Å². The van der Waals surface area contributed by atoms with Crippen molar-refractivity contribution in [2.45, 2.75) is 117 Å². The van der Waals surface area contributed by atoms with Crippen LogP contribution in [0.1, 0.15) is 111 Å². The van der Waals surface area contributed by atoms with E-state index in [1.807, 2.05) is 25.8 Å². The summed E-state index contributed by atoms with van der Waals surface area (Å²) in [5.41, 5.74) is 0.950. The molecule has 3 N–H and O–H groups in total. The van der Waals surface area contributed by atoms with Gasteiger partial charge in [-0.15, -0.1) is 0 Å². The van der Waals surface area contributed by atoms with Crippen molar-refractivity contribution < 1.29 is 135 Å². The van der Waals surface area contributed by atoms with Gasteiger partial charge in [-0.3, -0.25) is 9.59 Å². The minimum absolute atomic E-state index is 0. The van der Waals surface area contributed by atoms with E-state index in [1.54, 1.807) is 0 Å². The predicted molar refractivity (Wildman–Crippen MR) is 154 cm³/mol. The molecule has 12 heteroatoms. The molecule has 0 aromatic rings. The van der Waals surface area contributed by atoms with E-state index < -0.39 is 5.97 Å². The van der Waals surface area contributed by atoms with E-state index in [0.29, 0.717) is 29.8 Å². The van der Waals surface area contributed by atoms with E-state index in [2.05, 4.69) is 40.1 Å². The fourth-order valence-electron chi connectivity index (χ4n) is 8.76. The molecule has 258 valence electrons. The molecule has 4 saturated carbocycles. The molecular formula is C29H53IIr6N2O3. The van der Waals surface area contributed by atoms with Crippen LogP contribution in [-0.4, -0.2) is 41.5 Å². The summed E-state index contributed by atoms with van der Waals surface area (Å²) in [6, 6.07) is 0.369. The van der Waals surface area contributed by atoms with E-state index in [4.69, 9.17) is 5.11 Å². The van der Waals surface area contributed by atoms with Crippen LogP contribution in [0.25, 0.3) is 0 Å². The number of hydrogen-bond donors (Lipinski definition) is 3. The largest absolute Gasteiger partial charge is 0.481 e. The summed E-state index contributed by atoms with van der Waals surface area (Å²) < 4.78 is 0. The topological polar surface area (TPSA) is 78.4 Å². The van der Waals surface area contributed by atoms with Crippen molar-refractivity contribution in [2.24, 2.45) is 34.5 Å². The number of fused-ring (bicyclic) bond motifs is 3. The molecule has 1 amide bonds. The van der Waals surface area contributed by atoms with Crippen LogP contribution in [-0.2, 0) is 130 Å². The monoisotopic (exact) mass is 1760 g/mol. The molecule has 7 atom stereocenters. The average Bonchev–Trinajstić information content (AvgIpc) is 3.16. The van der Waals surface area contributed by atoms with Gasteiger partial charge in [0.15, 0.2) is 0 Å². The second-order valence-corrected chi connectivity index (χ2v) is 11.7. The molecule has 1 spiro atoms. The number of carboxylic acid groups (broad SMARTS) is 1. The second-order valence-electron chi connectivity index (χ2n) is 11.7. The SMILES string of the molecule is CC.CI.CNCC(=O)NC1CCC23CCCC4(C)C(CC[C@@H]4CCCC(=O)O)C(CCC2C1)C3.[Ir].[Ir].[Ir].[Ir].[Ir].[Ir]. The van der Waals surface area contributed by atoms with Gasteiger partial charge in [-0.25, -0.2) is 0 Å². The molecule has 0 saturated heterocycles. The first-order valence-electron chi connectivity index (χ1n) is 14.4. The standard InChI is InChI=1S/C26H44N2O3.C2H6.CH3I.6Ir/c1-25-12-4-13-26-14-11-21(28-23(29)17-27-2)15-20(26)8-7-18(16-26)22(25)10-9-19(25)5-3-6-24(30)31;2*1-2;;;;;;/h18-22,27H,3-17H2,1-2H3,(H,28,29)(H,30,31);1-2H3;1H3;;;;;;/t18?,19-,20?,21?,22?,25?,26?;;;;;;;;/m0......../s1. The average molecular weight is 1760 g/mol. The Labute approximate surface area is 345 Å². The molecule has 2 bridgehead atoms. The molecule has 5 nitrogen and oxygen atoms in total. The molecule has 4 fully saturated rings. The zero-order valence-corrected chi connectivity index (χ0v) is 41.7. The fourth-order valence-corrected chi connectivity index (χ4v) is 8.76. The molecule has 41 heavy (non-hydrogen) atoms. The normalized spacial score (nSPS) is 32.1. The van der Waals surface area contributed by atoms with Gasteiger partial charge in [0.2, 0.25) is 5.91 Å². The number of hydrogen-bond acceptors (Lipinski definition) is 3. The van der Waals surface area contributed by atoms with E-state index in [-0.39, 0.29) is 127 Å². The number of likely N-dealkylation sites (N-methyl/N-ethyl adjacent to an activating group) is 1. The summed E-state index contributed by atoms with van der Waals surface area (Å²) in [5.74, 6) is 2.71. The number of halogens is 1. The van der Waals surface area contributed by atoms with Gasteiger partial charge in [0.1, 0.15) is 0 Å². The van der Waals surface area contributed by atoms with Gasteiger partial charge in [-0.2, -0.15) is 0 Å². The van der Waals surface area contributed by atoms with Crippen LogP contribution in [0.5, 0.6) is 0 Å². The number of rotatable bonds is 7. The number of carbonyl (C=O) groups excluding carboxylic acids is 1. The fraction of sp³-hybridized carbons (Fsp3) is 0.931. The van der Waals surface area contributed by atoms with Gasteiger partial charge >= 0.3 is 5.97 Å². The minimum atomic E-state index is -0.643. The first-order valence-corrected chi connectivity index (χ1v) is 16.6. The third-order valence-electron chi connectivity index (χ3n) is 10.2. The van der Waals surface area contributed by atoms with Crippen LogP contribution in [0.3, 0.4) is 0 Å². The molecular weight excluding hydrogens is 1700 g/mol. The number of amides is 1. The van der Waals surface area contributed by atoms with E-state index >= 15 is 0 Å². The zero-order chi connectivity index (χ0) is 26.1. The van der Waals surface area contributed by atoms with Crippen LogP contribution >= 0.6 is 22.6 Å². The maximum absolute atomic E-state index is 12.1. The van der Waals surface area contributed by atoms with Crippen molar-refractivity contribution in [1.29, 1.82) is 0 Å². The Morgan fingerprint density at radius 1 is 0.902 bits per heavy atom. The van der Waals surface area contributed by atoms with Crippen molar-refractivity contribution in [3.8, 4) is 0 Å². The Morgan fingerprint density at radius 2 is 1.54 bits per heavy atom. The summed E-state index contributed by atoms with van der Waals surface area (Å²) >= 11 is 2.15. The summed E-state index contributed by atoms with van der Waals surface area (Å²) in [6.45, 7) is 6.98. The third-order valence-corrected chi connectivity index (χ3v) is 10.2. The van der Waals surface area contributed by atoms with Gasteiger partial charge in [0, 0.05) is 133 Å². The van der Waals surface area contributed by atoms with Crippen molar-refractivity contribution in [3.05, 3.63) is 0 Å². The van der Waals surface area contributed by atoms with Crippen molar-refractivity contribution >= 4 is 34.5 Å². The first-order chi connectivity index (χ1) is 16.9. The molecule has 6 radical (unpaired) electrons. The predicted octanol–water partition coefficient (Wildman–Crippen LogP) is 6.81. The number of nitrogens with one attached hydrogen (secondary N) is 2. The maximum atomic E-state index is 12.1. The Morgan fingerprint density at radius 3 is 2.12 bits per heavy atom. The van der Waals surface area contributed by atoms with Gasteiger partial charge < -0.3 is 15.7 Å². The summed E-state index contributed by atoms with van der Waals surface area (Å²) in [5, 5.41) is 15.3. The smallest absolute Gasteiger partial charge is 0.303 e. The van der Waals surface area contributed by atoms with E-state index in [1.165, 1.54) is 64.2 Å². The molecule has 0 aromatic carbocycles. The van der Waals surface area contributed by atoms with Gasteiger partial charge in [-0.1, -0.05) is 49.8 Å². The summed E-state index contributed by atoms with van der Waals surface area (Å²) in [7, 11) is 1.83. The Balaban J connectivity index is -0.000000414. The van der Waals surface area contributed by atoms with Crippen molar-refractivity contribution in [2.75, 3.05) is 18.5 Å². The number of aliphatic carboxylic acids is 1. The van der Waals surface area contributed by atoms with Crippen LogP contribution in [0.15, 0.2) is 0 Å². The van der Waals surface area contributed by atoms with Gasteiger partial charge in [0.25, 0.3) is 0 Å². The second kappa shape index (κ2) is 27.5. The van der Waals surface area contributed by atoms with Crippen molar-refractivity contribution in [1.82, 2.24) is 10.6 Å². The molecule has 4 aliphatic rings. The molecule has 6 unspecified atom stereocenters. The van der Waals surface area contributed by atoms with Crippen LogP contribution in [0, 0.1) is 34.5 Å². The number of carbonyl (C=O) groups is 2. The molecule has 0 heterocycles. The first kappa shape index (κ1) is 54.0. The third kappa shape index (κ3) is 14.7. The quantitative estimate of drug-likeness (QED) is 0.194. The Hall–Kier alpha value is 3.53. The summed E-state index contributed by atoms with van der Waals surface area (Å²) in [6.07, 6.45) is 16.8.